The maximum Gasteiger partial charge on any atom is 0.257 e. The monoisotopic (exact) mass is 309 g/mol. The number of aromatic nitrogens is 2. The fourth-order valence-electron chi connectivity index (χ4n) is 3.15. The molecule has 0 unspecified atom stereocenters. The van der Waals surface area contributed by atoms with Crippen molar-refractivity contribution in [1.29, 1.82) is 0 Å². The number of aliphatic hydroxyl groups is 2. The van der Waals surface area contributed by atoms with Gasteiger partial charge in [0.2, 0.25) is 0 Å². The van der Waals surface area contributed by atoms with Crippen LogP contribution < -0.4 is 0 Å². The molecule has 1 aliphatic rings. The highest BCUT2D eigenvalue weighted by atomic mass is 16.3. The summed E-state index contributed by atoms with van der Waals surface area (Å²) in [4.78, 5) is 14.2. The third-order valence-electron chi connectivity index (χ3n) is 4.67. The highest BCUT2D eigenvalue weighted by Gasteiger charge is 2.29. The van der Waals surface area contributed by atoms with Crippen molar-refractivity contribution < 1.29 is 15.0 Å². The largest absolute Gasteiger partial charge is 0.396 e. The van der Waals surface area contributed by atoms with Crippen LogP contribution in [0.3, 0.4) is 0 Å². The van der Waals surface area contributed by atoms with Gasteiger partial charge in [-0.3, -0.25) is 9.48 Å². The first-order chi connectivity index (χ1) is 10.4. The Labute approximate surface area is 131 Å². The summed E-state index contributed by atoms with van der Waals surface area (Å²) in [5.41, 5.74) is 0.811. The number of nitrogens with zero attached hydrogens (tertiary/aromatic N) is 3. The van der Waals surface area contributed by atoms with Crippen LogP contribution in [0.2, 0.25) is 0 Å². The van der Waals surface area contributed by atoms with E-state index in [4.69, 9.17) is 0 Å². The van der Waals surface area contributed by atoms with E-state index in [2.05, 4.69) is 5.10 Å². The van der Waals surface area contributed by atoms with Gasteiger partial charge >= 0.3 is 0 Å². The quantitative estimate of drug-likeness (QED) is 0.832. The van der Waals surface area contributed by atoms with Crippen LogP contribution in [0.1, 0.15) is 54.7 Å². The summed E-state index contributed by atoms with van der Waals surface area (Å²) in [6, 6.07) is 0.409. The fraction of sp³-hybridized carbons (Fsp3) is 0.750. The Morgan fingerprint density at radius 1 is 1.41 bits per heavy atom. The third-order valence-corrected chi connectivity index (χ3v) is 4.67. The number of carbonyl (C=O) groups is 1. The zero-order valence-corrected chi connectivity index (χ0v) is 13.7. The lowest BCUT2D eigenvalue weighted by atomic mass is 9.92. The van der Waals surface area contributed by atoms with Gasteiger partial charge in [-0.25, -0.2) is 0 Å². The van der Waals surface area contributed by atoms with Crippen molar-refractivity contribution in [3.8, 4) is 0 Å². The van der Waals surface area contributed by atoms with E-state index in [0.29, 0.717) is 18.2 Å². The molecule has 1 saturated carbocycles. The first-order valence-electron chi connectivity index (χ1n) is 7.93. The zero-order valence-electron chi connectivity index (χ0n) is 13.7. The summed E-state index contributed by atoms with van der Waals surface area (Å²) in [6.45, 7) is 3.66. The SMILES string of the molecule is Cc1c(C(=O)N(C)CC(C)(CO)CO)cnn1C1CCCC1. The van der Waals surface area contributed by atoms with Crippen molar-refractivity contribution in [3.63, 3.8) is 0 Å². The average Bonchev–Trinajstić information content (AvgIpc) is 3.15. The highest BCUT2D eigenvalue weighted by Crippen LogP contribution is 2.30. The molecule has 0 radical (unpaired) electrons. The summed E-state index contributed by atoms with van der Waals surface area (Å²) in [6.07, 6.45) is 6.33. The van der Waals surface area contributed by atoms with Crippen LogP contribution in [0.15, 0.2) is 6.20 Å². The molecule has 6 nitrogen and oxygen atoms in total. The topological polar surface area (TPSA) is 78.6 Å². The van der Waals surface area contributed by atoms with Gasteiger partial charge in [-0.2, -0.15) is 5.10 Å². The molecule has 2 N–H and O–H groups in total. The van der Waals surface area contributed by atoms with Crippen LogP contribution in [0.5, 0.6) is 0 Å². The van der Waals surface area contributed by atoms with Gasteiger partial charge in [-0.15, -0.1) is 0 Å². The summed E-state index contributed by atoms with van der Waals surface area (Å²) in [5, 5.41) is 23.2. The first-order valence-corrected chi connectivity index (χ1v) is 7.93. The van der Waals surface area contributed by atoms with Crippen LogP contribution in [0.25, 0.3) is 0 Å². The van der Waals surface area contributed by atoms with Gasteiger partial charge < -0.3 is 15.1 Å². The Kier molecular flexibility index (Phi) is 5.24. The maximum absolute atomic E-state index is 12.6. The average molecular weight is 309 g/mol. The molecule has 1 heterocycles. The zero-order chi connectivity index (χ0) is 16.3. The predicted octanol–water partition coefficient (Wildman–Crippen LogP) is 1.37. The minimum Gasteiger partial charge on any atom is -0.396 e. The normalized spacial score (nSPS) is 16.2. The Hall–Kier alpha value is -1.40. The van der Waals surface area contributed by atoms with E-state index in [1.54, 1.807) is 25.1 Å². The molecule has 2 rings (SSSR count). The molecule has 1 aromatic heterocycles. The molecule has 6 heteroatoms. The number of carbonyl (C=O) groups excluding carboxylic acids is 1. The smallest absolute Gasteiger partial charge is 0.257 e. The lowest BCUT2D eigenvalue weighted by molar-refractivity contribution is 0.0366. The van der Waals surface area contributed by atoms with Gasteiger partial charge in [0, 0.05) is 24.7 Å². The summed E-state index contributed by atoms with van der Waals surface area (Å²) in [7, 11) is 1.69. The van der Waals surface area contributed by atoms with Crippen LogP contribution in [0.4, 0.5) is 0 Å². The first kappa shape index (κ1) is 17.0. The Morgan fingerprint density at radius 3 is 2.55 bits per heavy atom. The Balaban J connectivity index is 2.12. The molecule has 1 fully saturated rings. The molecule has 22 heavy (non-hydrogen) atoms. The highest BCUT2D eigenvalue weighted by molar-refractivity contribution is 5.94. The molecular formula is C16H27N3O3. The van der Waals surface area contributed by atoms with E-state index in [9.17, 15) is 15.0 Å². The van der Waals surface area contributed by atoms with Gasteiger partial charge in [0.15, 0.2) is 0 Å². The number of hydrogen-bond acceptors (Lipinski definition) is 4. The number of rotatable bonds is 6. The van der Waals surface area contributed by atoms with E-state index in [-0.39, 0.29) is 19.1 Å². The van der Waals surface area contributed by atoms with Crippen molar-refractivity contribution in [2.24, 2.45) is 5.41 Å². The van der Waals surface area contributed by atoms with E-state index in [1.165, 1.54) is 12.8 Å². The predicted molar refractivity (Wildman–Crippen MR) is 83.7 cm³/mol. The Morgan fingerprint density at radius 2 is 2.00 bits per heavy atom. The van der Waals surface area contributed by atoms with E-state index < -0.39 is 5.41 Å². The lowest BCUT2D eigenvalue weighted by Gasteiger charge is -2.30. The van der Waals surface area contributed by atoms with E-state index in [0.717, 1.165) is 18.5 Å². The lowest BCUT2D eigenvalue weighted by Crippen LogP contribution is -2.41. The summed E-state index contributed by atoms with van der Waals surface area (Å²) >= 11 is 0. The second-order valence-corrected chi connectivity index (χ2v) is 6.81. The summed E-state index contributed by atoms with van der Waals surface area (Å²) < 4.78 is 1.98. The van der Waals surface area contributed by atoms with Crippen molar-refractivity contribution in [2.45, 2.75) is 45.6 Å². The number of aliphatic hydroxyl groups excluding tert-OH is 2. The molecule has 1 amide bonds. The Bertz CT molecular complexity index is 517. The van der Waals surface area contributed by atoms with Crippen molar-refractivity contribution >= 4 is 5.91 Å². The fourth-order valence-corrected chi connectivity index (χ4v) is 3.15. The minimum atomic E-state index is -0.695. The molecule has 0 aromatic carbocycles. The molecule has 0 bridgehead atoms. The molecule has 0 atom stereocenters. The van der Waals surface area contributed by atoms with Crippen molar-refractivity contribution in [1.82, 2.24) is 14.7 Å². The summed E-state index contributed by atoms with van der Waals surface area (Å²) in [5.74, 6) is -0.116. The second kappa shape index (κ2) is 6.79. The minimum absolute atomic E-state index is 0.116. The molecule has 1 aromatic rings. The van der Waals surface area contributed by atoms with Gasteiger partial charge in [-0.05, 0) is 19.8 Å². The molecule has 0 saturated heterocycles. The van der Waals surface area contributed by atoms with Gasteiger partial charge in [0.1, 0.15) is 0 Å². The molecular weight excluding hydrogens is 282 g/mol. The van der Waals surface area contributed by atoms with Crippen molar-refractivity contribution in [3.05, 3.63) is 17.5 Å². The van der Waals surface area contributed by atoms with Gasteiger partial charge in [-0.1, -0.05) is 19.8 Å². The molecule has 124 valence electrons. The van der Waals surface area contributed by atoms with Gasteiger partial charge in [0.25, 0.3) is 5.91 Å². The number of amides is 1. The third kappa shape index (κ3) is 3.33. The molecule has 0 aliphatic heterocycles. The number of hydrogen-bond donors (Lipinski definition) is 2. The standard InChI is InChI=1S/C16H27N3O3/c1-12-14(8-17-19(12)13-6-4-5-7-13)15(22)18(3)9-16(2,10-20)11-21/h8,13,20-21H,4-7,9-11H2,1-3H3. The van der Waals surface area contributed by atoms with Crippen LogP contribution >= 0.6 is 0 Å². The van der Waals surface area contributed by atoms with Crippen LogP contribution in [-0.2, 0) is 0 Å². The molecule has 0 spiro atoms. The van der Waals surface area contributed by atoms with E-state index >= 15 is 0 Å². The van der Waals surface area contributed by atoms with E-state index in [1.807, 2.05) is 11.6 Å². The van der Waals surface area contributed by atoms with Crippen molar-refractivity contribution in [2.75, 3.05) is 26.8 Å². The molecule has 1 aliphatic carbocycles. The second-order valence-electron chi connectivity index (χ2n) is 6.81. The maximum atomic E-state index is 12.6. The van der Waals surface area contributed by atoms with Gasteiger partial charge in [0.05, 0.1) is 31.0 Å². The van der Waals surface area contributed by atoms with Crippen LogP contribution in [0, 0.1) is 12.3 Å². The van der Waals surface area contributed by atoms with Crippen LogP contribution in [-0.4, -0.2) is 57.6 Å².